The molecule has 0 unspecified atom stereocenters. The Kier molecular flexibility index (Phi) is 5.50. The Labute approximate surface area is 211 Å². The SMILES string of the molecule is C[N-]C1CCN(c2nc(-c3ccc(C#N)cc3)c(-c3cc(F)c4c(c3)oc(=O)n4C)c3nccn23)CC1. The Morgan fingerprint density at radius 3 is 2.62 bits per heavy atom. The minimum Gasteiger partial charge on any atom is -0.662 e. The number of benzene rings is 2. The third-order valence-corrected chi connectivity index (χ3v) is 7.05. The second kappa shape index (κ2) is 8.87. The summed E-state index contributed by atoms with van der Waals surface area (Å²) in [5.41, 5.74) is 3.81. The van der Waals surface area contributed by atoms with Crippen molar-refractivity contribution in [2.75, 3.05) is 25.0 Å². The van der Waals surface area contributed by atoms with Crippen molar-refractivity contribution < 1.29 is 8.81 Å². The maximum atomic E-state index is 15.3. The van der Waals surface area contributed by atoms with Crippen LogP contribution in [0.4, 0.5) is 10.3 Å². The molecule has 0 radical (unpaired) electrons. The summed E-state index contributed by atoms with van der Waals surface area (Å²) in [7, 11) is 3.33. The van der Waals surface area contributed by atoms with E-state index in [1.807, 2.05) is 29.8 Å². The highest BCUT2D eigenvalue weighted by atomic mass is 19.1. The summed E-state index contributed by atoms with van der Waals surface area (Å²) in [6.07, 6.45) is 5.39. The Bertz CT molecular complexity index is 1740. The van der Waals surface area contributed by atoms with Gasteiger partial charge in [0.25, 0.3) is 0 Å². The number of oxazole rings is 1. The molecule has 0 aliphatic carbocycles. The molecule has 0 amide bonds. The molecular weight excluding hydrogens is 473 g/mol. The minimum absolute atomic E-state index is 0.0989. The second-order valence-corrected chi connectivity index (χ2v) is 9.15. The summed E-state index contributed by atoms with van der Waals surface area (Å²) in [5.74, 6) is -0.483. The van der Waals surface area contributed by atoms with Crippen LogP contribution in [0.15, 0.2) is 58.0 Å². The van der Waals surface area contributed by atoms with E-state index >= 15 is 4.39 Å². The van der Waals surface area contributed by atoms with Crippen molar-refractivity contribution in [3.63, 3.8) is 0 Å². The van der Waals surface area contributed by atoms with Crippen LogP contribution in [-0.2, 0) is 7.05 Å². The number of aryl methyl sites for hydroxylation is 1. The van der Waals surface area contributed by atoms with Gasteiger partial charge in [-0.2, -0.15) is 12.3 Å². The lowest BCUT2D eigenvalue weighted by molar-refractivity contribution is 0.528. The van der Waals surface area contributed by atoms with Crippen molar-refractivity contribution >= 4 is 22.7 Å². The Morgan fingerprint density at radius 1 is 1.16 bits per heavy atom. The van der Waals surface area contributed by atoms with Gasteiger partial charge in [-0.05, 0) is 29.8 Å². The normalized spacial score (nSPS) is 14.5. The molecule has 2 aromatic carbocycles. The van der Waals surface area contributed by atoms with E-state index < -0.39 is 11.6 Å². The third kappa shape index (κ3) is 3.75. The van der Waals surface area contributed by atoms with E-state index in [1.165, 1.54) is 13.1 Å². The minimum atomic E-state index is -0.639. The van der Waals surface area contributed by atoms with Crippen molar-refractivity contribution in [3.05, 3.63) is 76.0 Å². The van der Waals surface area contributed by atoms with Crippen LogP contribution in [0.3, 0.4) is 0 Å². The van der Waals surface area contributed by atoms with Crippen molar-refractivity contribution in [2.24, 2.45) is 7.05 Å². The summed E-state index contributed by atoms with van der Waals surface area (Å²) in [4.78, 5) is 24.0. The number of piperidine rings is 1. The number of rotatable bonds is 4. The number of halogens is 1. The van der Waals surface area contributed by atoms with E-state index in [9.17, 15) is 10.1 Å². The molecule has 1 aliphatic heterocycles. The van der Waals surface area contributed by atoms with Crippen molar-refractivity contribution in [2.45, 2.75) is 18.9 Å². The van der Waals surface area contributed by atoms with E-state index in [-0.39, 0.29) is 11.1 Å². The van der Waals surface area contributed by atoms with Crippen LogP contribution in [-0.4, -0.2) is 45.1 Å². The Hall–Kier alpha value is -4.49. The third-order valence-electron chi connectivity index (χ3n) is 7.05. The van der Waals surface area contributed by atoms with Crippen molar-refractivity contribution in [1.82, 2.24) is 18.9 Å². The van der Waals surface area contributed by atoms with Crippen LogP contribution in [0.2, 0.25) is 0 Å². The van der Waals surface area contributed by atoms with E-state index in [1.54, 1.807) is 24.4 Å². The topological polar surface area (TPSA) is 106 Å². The smallest absolute Gasteiger partial charge is 0.419 e. The molecular formula is C27H23FN7O2-. The first-order valence-corrected chi connectivity index (χ1v) is 12.0. The molecule has 0 bridgehead atoms. The molecule has 10 heteroatoms. The van der Waals surface area contributed by atoms with Crippen LogP contribution < -0.4 is 10.7 Å². The Balaban J connectivity index is 1.61. The molecule has 0 saturated carbocycles. The van der Waals surface area contributed by atoms with Gasteiger partial charge in [0.15, 0.2) is 11.4 Å². The van der Waals surface area contributed by atoms with Gasteiger partial charge in [-0.25, -0.2) is 19.2 Å². The monoisotopic (exact) mass is 496 g/mol. The summed E-state index contributed by atoms with van der Waals surface area (Å²) in [6, 6.07) is 12.6. The van der Waals surface area contributed by atoms with Crippen LogP contribution >= 0.6 is 0 Å². The summed E-state index contributed by atoms with van der Waals surface area (Å²) in [5, 5.41) is 13.7. The average Bonchev–Trinajstić information content (AvgIpc) is 3.52. The zero-order chi connectivity index (χ0) is 25.7. The number of nitriles is 1. The first-order valence-electron chi connectivity index (χ1n) is 12.0. The Morgan fingerprint density at radius 2 is 1.92 bits per heavy atom. The van der Waals surface area contributed by atoms with Gasteiger partial charge >= 0.3 is 5.76 Å². The highest BCUT2D eigenvalue weighted by Crippen LogP contribution is 2.38. The largest absolute Gasteiger partial charge is 0.662 e. The fourth-order valence-corrected chi connectivity index (χ4v) is 5.07. The van der Waals surface area contributed by atoms with Gasteiger partial charge < -0.3 is 14.6 Å². The molecule has 6 rings (SSSR count). The highest BCUT2D eigenvalue weighted by molar-refractivity contribution is 5.94. The van der Waals surface area contributed by atoms with Crippen LogP contribution in [0, 0.1) is 17.1 Å². The number of anilines is 1. The molecule has 0 spiro atoms. The van der Waals surface area contributed by atoms with E-state index in [4.69, 9.17) is 9.40 Å². The highest BCUT2D eigenvalue weighted by Gasteiger charge is 2.25. The van der Waals surface area contributed by atoms with Gasteiger partial charge in [-0.3, -0.25) is 8.97 Å². The lowest BCUT2D eigenvalue weighted by atomic mass is 9.98. The molecule has 3 aromatic heterocycles. The summed E-state index contributed by atoms with van der Waals surface area (Å²) < 4.78 is 23.7. The van der Waals surface area contributed by atoms with Gasteiger partial charge in [-0.1, -0.05) is 25.0 Å². The molecule has 37 heavy (non-hydrogen) atoms. The lowest BCUT2D eigenvalue weighted by Crippen LogP contribution is -2.37. The molecule has 5 aromatic rings. The van der Waals surface area contributed by atoms with E-state index in [0.717, 1.165) is 42.0 Å². The molecule has 1 aliphatic rings. The van der Waals surface area contributed by atoms with E-state index in [0.29, 0.717) is 34.1 Å². The number of hydrogen-bond donors (Lipinski definition) is 0. The average molecular weight is 497 g/mol. The van der Waals surface area contributed by atoms with Gasteiger partial charge in [0.2, 0.25) is 5.95 Å². The standard InChI is InChI=1S/C27H23FN7O2/c1-30-19-7-10-34(11-8-19)26-32-23(17-5-3-16(15-29)4-6-17)22(25-31-9-12-35(25)26)18-13-20(28)24-21(14-18)37-27(36)33(24)2/h3-6,9,12-14,19H,7-8,10-11H2,1-2H3/q-1. The van der Waals surface area contributed by atoms with Gasteiger partial charge in [0.1, 0.15) is 11.2 Å². The predicted octanol–water partition coefficient (Wildman–Crippen LogP) is 4.49. The molecule has 0 atom stereocenters. The quantitative estimate of drug-likeness (QED) is 0.363. The number of imidazole rings is 1. The van der Waals surface area contributed by atoms with Crippen LogP contribution in [0.5, 0.6) is 0 Å². The van der Waals surface area contributed by atoms with Gasteiger partial charge in [-0.15, -0.1) is 6.04 Å². The fourth-order valence-electron chi connectivity index (χ4n) is 5.07. The number of fused-ring (bicyclic) bond motifs is 2. The van der Waals surface area contributed by atoms with Crippen LogP contribution in [0.1, 0.15) is 18.4 Å². The first-order chi connectivity index (χ1) is 18.0. The predicted molar refractivity (Wildman–Crippen MR) is 138 cm³/mol. The summed E-state index contributed by atoms with van der Waals surface area (Å²) in [6.45, 7) is 1.59. The molecule has 1 saturated heterocycles. The fraction of sp³-hybridized carbons (Fsp3) is 0.259. The number of aromatic nitrogens is 4. The molecule has 0 N–H and O–H groups in total. The number of hydrogen-bond acceptors (Lipinski definition) is 6. The molecule has 9 nitrogen and oxygen atoms in total. The molecule has 1 fully saturated rings. The van der Waals surface area contributed by atoms with Crippen LogP contribution in [0.25, 0.3) is 44.4 Å². The van der Waals surface area contributed by atoms with Crippen molar-refractivity contribution in [1.29, 1.82) is 5.26 Å². The van der Waals surface area contributed by atoms with Gasteiger partial charge in [0.05, 0.1) is 22.9 Å². The van der Waals surface area contributed by atoms with Crippen molar-refractivity contribution in [3.8, 4) is 28.5 Å². The maximum Gasteiger partial charge on any atom is 0.419 e. The first kappa shape index (κ1) is 22.9. The zero-order valence-corrected chi connectivity index (χ0v) is 20.3. The number of nitrogens with zero attached hydrogens (tertiary/aromatic N) is 7. The molecule has 186 valence electrons. The molecule has 4 heterocycles. The van der Waals surface area contributed by atoms with Gasteiger partial charge in [0, 0.05) is 38.1 Å². The summed E-state index contributed by atoms with van der Waals surface area (Å²) >= 11 is 0. The van der Waals surface area contributed by atoms with E-state index in [2.05, 4.69) is 21.3 Å². The maximum absolute atomic E-state index is 15.3. The lowest BCUT2D eigenvalue weighted by Gasteiger charge is -2.38. The second-order valence-electron chi connectivity index (χ2n) is 9.15. The zero-order valence-electron chi connectivity index (χ0n) is 20.3.